The molecule has 0 saturated carbocycles. The molecule has 0 radical (unpaired) electrons. The number of anilines is 1. The molecule has 78 valence electrons. The Bertz CT molecular complexity index is 478. The molecule has 5 heteroatoms. The first-order valence-electron chi connectivity index (χ1n) is 4.66. The highest BCUT2D eigenvalue weighted by atomic mass is 32.1. The van der Waals surface area contributed by atoms with Gasteiger partial charge in [-0.1, -0.05) is 6.07 Å². The van der Waals surface area contributed by atoms with Gasteiger partial charge in [0.05, 0.1) is 0 Å². The van der Waals surface area contributed by atoms with Crippen molar-refractivity contribution in [2.75, 3.05) is 12.4 Å². The molecule has 0 bridgehead atoms. The molecule has 0 fully saturated rings. The van der Waals surface area contributed by atoms with Gasteiger partial charge >= 0.3 is 0 Å². The molecule has 0 unspecified atom stereocenters. The van der Waals surface area contributed by atoms with Crippen molar-refractivity contribution < 1.29 is 0 Å². The van der Waals surface area contributed by atoms with Crippen LogP contribution in [0.1, 0.15) is 11.1 Å². The van der Waals surface area contributed by atoms with E-state index in [1.54, 1.807) is 0 Å². The normalized spacial score (nSPS) is 10.3. The second kappa shape index (κ2) is 3.94. The van der Waals surface area contributed by atoms with E-state index in [0.717, 1.165) is 22.0 Å². The average molecular weight is 220 g/mol. The van der Waals surface area contributed by atoms with Crippen molar-refractivity contribution in [1.82, 2.24) is 14.3 Å². The van der Waals surface area contributed by atoms with E-state index in [0.29, 0.717) is 5.82 Å². The third kappa shape index (κ3) is 1.97. The molecule has 2 aromatic heterocycles. The molecule has 15 heavy (non-hydrogen) atoms. The number of nitrogens with one attached hydrogen (secondary N) is 1. The first-order chi connectivity index (χ1) is 7.20. The van der Waals surface area contributed by atoms with E-state index in [-0.39, 0.29) is 0 Å². The van der Waals surface area contributed by atoms with Crippen molar-refractivity contribution in [3.63, 3.8) is 0 Å². The minimum absolute atomic E-state index is 0.696. The molecule has 0 aliphatic carbocycles. The first kappa shape index (κ1) is 10.0. The Morgan fingerprint density at radius 3 is 2.73 bits per heavy atom. The fourth-order valence-corrected chi connectivity index (χ4v) is 1.89. The van der Waals surface area contributed by atoms with Crippen LogP contribution in [0.2, 0.25) is 0 Å². The minimum atomic E-state index is 0.696. The maximum atomic E-state index is 4.35. The minimum Gasteiger partial charge on any atom is -0.363 e. The monoisotopic (exact) mass is 220 g/mol. The van der Waals surface area contributed by atoms with Crippen LogP contribution < -0.4 is 5.32 Å². The van der Waals surface area contributed by atoms with Crippen LogP contribution in [0.4, 0.5) is 5.13 Å². The fourth-order valence-electron chi connectivity index (χ4n) is 1.37. The molecule has 0 aromatic carbocycles. The smallest absolute Gasteiger partial charge is 0.202 e. The topological polar surface area (TPSA) is 50.7 Å². The van der Waals surface area contributed by atoms with Gasteiger partial charge in [0, 0.05) is 24.8 Å². The Hall–Kier alpha value is -1.49. The number of hydrogen-bond acceptors (Lipinski definition) is 5. The Morgan fingerprint density at radius 2 is 2.13 bits per heavy atom. The van der Waals surface area contributed by atoms with Gasteiger partial charge in [0.2, 0.25) is 5.13 Å². The molecule has 0 amide bonds. The van der Waals surface area contributed by atoms with Crippen LogP contribution in [0.25, 0.3) is 11.5 Å². The highest BCUT2D eigenvalue weighted by molar-refractivity contribution is 7.09. The number of hydrogen-bond donors (Lipinski definition) is 1. The highest BCUT2D eigenvalue weighted by Gasteiger charge is 2.09. The maximum absolute atomic E-state index is 4.35. The zero-order valence-corrected chi connectivity index (χ0v) is 9.72. The van der Waals surface area contributed by atoms with Gasteiger partial charge in [-0.15, -0.1) is 0 Å². The Labute approximate surface area is 92.6 Å². The molecule has 0 spiro atoms. The van der Waals surface area contributed by atoms with Crippen molar-refractivity contribution in [2.45, 2.75) is 13.8 Å². The van der Waals surface area contributed by atoms with Crippen molar-refractivity contribution >= 4 is 16.7 Å². The number of nitrogens with zero attached hydrogens (tertiary/aromatic N) is 3. The maximum Gasteiger partial charge on any atom is 0.202 e. The quantitative estimate of drug-likeness (QED) is 0.843. The lowest BCUT2D eigenvalue weighted by atomic mass is 10.1. The van der Waals surface area contributed by atoms with Gasteiger partial charge in [0.25, 0.3) is 0 Å². The Morgan fingerprint density at radius 1 is 1.33 bits per heavy atom. The summed E-state index contributed by atoms with van der Waals surface area (Å²) >= 11 is 1.35. The van der Waals surface area contributed by atoms with Crippen molar-refractivity contribution in [3.05, 3.63) is 23.4 Å². The zero-order valence-electron chi connectivity index (χ0n) is 8.90. The molecule has 0 saturated heterocycles. The third-order valence-corrected chi connectivity index (χ3v) is 2.80. The van der Waals surface area contributed by atoms with Crippen molar-refractivity contribution in [1.29, 1.82) is 0 Å². The lowest BCUT2D eigenvalue weighted by Crippen LogP contribution is -1.92. The summed E-state index contributed by atoms with van der Waals surface area (Å²) in [6.45, 7) is 4.05. The van der Waals surface area contributed by atoms with Gasteiger partial charge in [0.1, 0.15) is 5.69 Å². The molecule has 0 atom stereocenters. The SMILES string of the molecule is CNc1nc(-c2ncc(C)cc2C)ns1. The van der Waals surface area contributed by atoms with Crippen LogP contribution in [0.5, 0.6) is 0 Å². The number of rotatable bonds is 2. The second-order valence-corrected chi connectivity index (χ2v) is 4.10. The van der Waals surface area contributed by atoms with Gasteiger partial charge in [-0.05, 0) is 25.0 Å². The Kier molecular flexibility index (Phi) is 2.64. The van der Waals surface area contributed by atoms with Gasteiger partial charge in [-0.3, -0.25) is 4.98 Å². The van der Waals surface area contributed by atoms with E-state index in [2.05, 4.69) is 25.7 Å². The summed E-state index contributed by atoms with van der Waals surface area (Å²) in [5.74, 6) is 0.696. The molecule has 4 nitrogen and oxygen atoms in total. The van der Waals surface area contributed by atoms with Crippen LogP contribution in [-0.4, -0.2) is 21.4 Å². The Balaban J connectivity index is 2.44. The highest BCUT2D eigenvalue weighted by Crippen LogP contribution is 2.22. The fraction of sp³-hybridized carbons (Fsp3) is 0.300. The standard InChI is InChI=1S/C10H12N4S/c1-6-4-7(2)8(12-5-6)9-13-10(11-3)15-14-9/h4-5H,1-3H3,(H,11,13,14). The van der Waals surface area contributed by atoms with E-state index < -0.39 is 0 Å². The second-order valence-electron chi connectivity index (χ2n) is 3.35. The van der Waals surface area contributed by atoms with Crippen LogP contribution in [0, 0.1) is 13.8 Å². The van der Waals surface area contributed by atoms with E-state index in [9.17, 15) is 0 Å². The van der Waals surface area contributed by atoms with Crippen LogP contribution in [0.3, 0.4) is 0 Å². The van der Waals surface area contributed by atoms with Crippen LogP contribution >= 0.6 is 11.5 Å². The van der Waals surface area contributed by atoms with Crippen molar-refractivity contribution in [2.24, 2.45) is 0 Å². The van der Waals surface area contributed by atoms with Crippen LogP contribution in [0.15, 0.2) is 12.3 Å². The summed E-state index contributed by atoms with van der Waals surface area (Å²) in [5, 5.41) is 3.78. The molecule has 1 N–H and O–H groups in total. The lowest BCUT2D eigenvalue weighted by Gasteiger charge is -2.00. The lowest BCUT2D eigenvalue weighted by molar-refractivity contribution is 1.17. The molecule has 2 rings (SSSR count). The first-order valence-corrected chi connectivity index (χ1v) is 5.43. The van der Waals surface area contributed by atoms with Gasteiger partial charge < -0.3 is 5.32 Å². The predicted octanol–water partition coefficient (Wildman–Crippen LogP) is 2.26. The largest absolute Gasteiger partial charge is 0.363 e. The van der Waals surface area contributed by atoms with Crippen molar-refractivity contribution in [3.8, 4) is 11.5 Å². The predicted molar refractivity (Wildman–Crippen MR) is 62.2 cm³/mol. The molecule has 0 aliphatic heterocycles. The molecular weight excluding hydrogens is 208 g/mol. The molecule has 2 aromatic rings. The summed E-state index contributed by atoms with van der Waals surface area (Å²) < 4.78 is 4.25. The average Bonchev–Trinajstić information content (AvgIpc) is 2.66. The number of pyridine rings is 1. The van der Waals surface area contributed by atoms with E-state index in [1.807, 2.05) is 27.1 Å². The van der Waals surface area contributed by atoms with E-state index in [1.165, 1.54) is 11.5 Å². The number of aryl methyl sites for hydroxylation is 2. The third-order valence-electron chi connectivity index (χ3n) is 2.07. The molecular formula is C10H12N4S. The van der Waals surface area contributed by atoms with Crippen LogP contribution in [-0.2, 0) is 0 Å². The summed E-state index contributed by atoms with van der Waals surface area (Å²) in [6, 6.07) is 2.09. The summed E-state index contributed by atoms with van der Waals surface area (Å²) in [7, 11) is 1.83. The van der Waals surface area contributed by atoms with Gasteiger partial charge in [0.15, 0.2) is 5.82 Å². The molecule has 2 heterocycles. The zero-order chi connectivity index (χ0) is 10.8. The van der Waals surface area contributed by atoms with Gasteiger partial charge in [-0.25, -0.2) is 0 Å². The van der Waals surface area contributed by atoms with Gasteiger partial charge in [-0.2, -0.15) is 9.36 Å². The summed E-state index contributed by atoms with van der Waals surface area (Å²) in [4.78, 5) is 8.67. The van der Waals surface area contributed by atoms with E-state index >= 15 is 0 Å². The summed E-state index contributed by atoms with van der Waals surface area (Å²) in [5.41, 5.74) is 3.12. The summed E-state index contributed by atoms with van der Waals surface area (Å²) in [6.07, 6.45) is 1.84. The number of aromatic nitrogens is 3. The van der Waals surface area contributed by atoms with E-state index in [4.69, 9.17) is 0 Å². The molecule has 0 aliphatic rings.